The Morgan fingerprint density at radius 1 is 1.00 bits per heavy atom. The Balaban J connectivity index is 1.85. The van der Waals surface area contributed by atoms with Gasteiger partial charge in [-0.3, -0.25) is 14.6 Å². The molecule has 5 rings (SSSR count). The zero-order valence-corrected chi connectivity index (χ0v) is 19.1. The fourth-order valence-corrected chi connectivity index (χ4v) is 5.41. The molecule has 0 unspecified atom stereocenters. The van der Waals surface area contributed by atoms with Crippen molar-refractivity contribution in [3.05, 3.63) is 92.9 Å². The first kappa shape index (κ1) is 21.4. The normalized spacial score (nSPS) is 18.6. The number of hydrogen-bond donors (Lipinski definition) is 1. The SMILES string of the molecule is CCN1[C@H](C2c3ccccc3CCc3ccccc32)n2ncc(=O)c(O)c2C(=O)N1C(C)C. The van der Waals surface area contributed by atoms with Gasteiger partial charge in [0.25, 0.3) is 5.91 Å². The summed E-state index contributed by atoms with van der Waals surface area (Å²) in [6.45, 7) is 6.45. The molecule has 1 aliphatic heterocycles. The van der Waals surface area contributed by atoms with Gasteiger partial charge in [0.15, 0.2) is 11.4 Å². The third-order valence-electron chi connectivity index (χ3n) is 6.78. The summed E-state index contributed by atoms with van der Waals surface area (Å²) in [6, 6.07) is 16.7. The van der Waals surface area contributed by atoms with Crippen molar-refractivity contribution < 1.29 is 9.90 Å². The molecule has 1 N–H and O–H groups in total. The van der Waals surface area contributed by atoms with Crippen molar-refractivity contribution in [3.8, 4) is 5.75 Å². The average molecular weight is 445 g/mol. The van der Waals surface area contributed by atoms with Gasteiger partial charge in [0.2, 0.25) is 5.43 Å². The highest BCUT2D eigenvalue weighted by Gasteiger charge is 2.46. The van der Waals surface area contributed by atoms with Crippen LogP contribution in [0.25, 0.3) is 0 Å². The molecule has 0 saturated heterocycles. The summed E-state index contributed by atoms with van der Waals surface area (Å²) in [5.41, 5.74) is 4.17. The highest BCUT2D eigenvalue weighted by Crippen LogP contribution is 2.45. The molecule has 0 bridgehead atoms. The van der Waals surface area contributed by atoms with Gasteiger partial charge >= 0.3 is 0 Å². The second-order valence-corrected chi connectivity index (χ2v) is 8.94. The van der Waals surface area contributed by atoms with Crippen LogP contribution in [0.1, 0.15) is 65.6 Å². The maximum absolute atomic E-state index is 13.5. The van der Waals surface area contributed by atoms with Crippen molar-refractivity contribution in [2.45, 2.75) is 51.7 Å². The van der Waals surface area contributed by atoms with Crippen LogP contribution in [0.5, 0.6) is 5.75 Å². The molecule has 1 amide bonds. The molecule has 2 aliphatic rings. The van der Waals surface area contributed by atoms with Gasteiger partial charge in [0.1, 0.15) is 6.17 Å². The minimum Gasteiger partial charge on any atom is -0.502 e. The van der Waals surface area contributed by atoms with E-state index in [4.69, 9.17) is 0 Å². The van der Waals surface area contributed by atoms with E-state index < -0.39 is 23.3 Å². The number of rotatable bonds is 3. The van der Waals surface area contributed by atoms with Crippen LogP contribution >= 0.6 is 0 Å². The summed E-state index contributed by atoms with van der Waals surface area (Å²) in [4.78, 5) is 25.8. The number of aromatic nitrogens is 2. The van der Waals surface area contributed by atoms with E-state index in [-0.39, 0.29) is 17.7 Å². The number of hydrazine groups is 1. The molecule has 33 heavy (non-hydrogen) atoms. The lowest BCUT2D eigenvalue weighted by Gasteiger charge is -2.49. The highest BCUT2D eigenvalue weighted by atomic mass is 16.3. The number of nitrogens with zero attached hydrogens (tertiary/aromatic N) is 4. The molecule has 3 aromatic rings. The van der Waals surface area contributed by atoms with Gasteiger partial charge in [-0.1, -0.05) is 55.5 Å². The maximum Gasteiger partial charge on any atom is 0.290 e. The minimum absolute atomic E-state index is 0.0508. The molecule has 2 heterocycles. The Kier molecular flexibility index (Phi) is 5.29. The lowest BCUT2D eigenvalue weighted by Crippen LogP contribution is -2.59. The maximum atomic E-state index is 13.5. The van der Waals surface area contributed by atoms with E-state index in [0.717, 1.165) is 19.0 Å². The molecule has 2 aromatic carbocycles. The largest absolute Gasteiger partial charge is 0.502 e. The molecule has 0 fully saturated rings. The summed E-state index contributed by atoms with van der Waals surface area (Å²) >= 11 is 0. The first-order valence-electron chi connectivity index (χ1n) is 11.5. The lowest BCUT2D eigenvalue weighted by molar-refractivity contribution is -0.0993. The van der Waals surface area contributed by atoms with Gasteiger partial charge in [-0.15, -0.1) is 0 Å². The van der Waals surface area contributed by atoms with Crippen LogP contribution in [-0.2, 0) is 12.8 Å². The molecule has 7 nitrogen and oxygen atoms in total. The predicted molar refractivity (Wildman–Crippen MR) is 125 cm³/mol. The quantitative estimate of drug-likeness (QED) is 0.669. The molecule has 1 atom stereocenters. The fraction of sp³-hybridized carbons (Fsp3) is 0.346. The van der Waals surface area contributed by atoms with Crippen LogP contribution in [-0.4, -0.2) is 43.4 Å². The third-order valence-corrected chi connectivity index (χ3v) is 6.78. The molecule has 1 aliphatic carbocycles. The van der Waals surface area contributed by atoms with Crippen LogP contribution in [0.3, 0.4) is 0 Å². The van der Waals surface area contributed by atoms with Gasteiger partial charge in [0, 0.05) is 18.5 Å². The summed E-state index contributed by atoms with van der Waals surface area (Å²) < 4.78 is 1.56. The summed E-state index contributed by atoms with van der Waals surface area (Å²) in [5, 5.41) is 18.8. The second-order valence-electron chi connectivity index (χ2n) is 8.94. The zero-order valence-electron chi connectivity index (χ0n) is 19.1. The van der Waals surface area contributed by atoms with Crippen molar-refractivity contribution in [1.29, 1.82) is 0 Å². The Morgan fingerprint density at radius 2 is 1.58 bits per heavy atom. The van der Waals surface area contributed by atoms with E-state index >= 15 is 0 Å². The van der Waals surface area contributed by atoms with E-state index in [2.05, 4.69) is 41.5 Å². The predicted octanol–water partition coefficient (Wildman–Crippen LogP) is 3.48. The Morgan fingerprint density at radius 3 is 2.12 bits per heavy atom. The Labute approximate surface area is 192 Å². The van der Waals surface area contributed by atoms with Crippen molar-refractivity contribution >= 4 is 5.91 Å². The van der Waals surface area contributed by atoms with Crippen LogP contribution in [0, 0.1) is 0 Å². The summed E-state index contributed by atoms with van der Waals surface area (Å²) in [7, 11) is 0. The molecule has 7 heteroatoms. The van der Waals surface area contributed by atoms with Crippen molar-refractivity contribution in [3.63, 3.8) is 0 Å². The van der Waals surface area contributed by atoms with E-state index in [9.17, 15) is 14.7 Å². The fourth-order valence-electron chi connectivity index (χ4n) is 5.41. The number of carbonyl (C=O) groups is 1. The van der Waals surface area contributed by atoms with E-state index in [1.54, 1.807) is 9.69 Å². The zero-order chi connectivity index (χ0) is 23.3. The number of aryl methyl sites for hydroxylation is 2. The molecule has 0 spiro atoms. The first-order valence-corrected chi connectivity index (χ1v) is 11.5. The highest BCUT2D eigenvalue weighted by molar-refractivity contribution is 5.95. The number of fused-ring (bicyclic) bond motifs is 3. The van der Waals surface area contributed by atoms with Crippen molar-refractivity contribution in [2.75, 3.05) is 6.54 Å². The van der Waals surface area contributed by atoms with Crippen LogP contribution in [0.15, 0.2) is 59.5 Å². The van der Waals surface area contributed by atoms with Crippen LogP contribution < -0.4 is 5.43 Å². The van der Waals surface area contributed by atoms with Crippen LogP contribution in [0.4, 0.5) is 0 Å². The number of likely N-dealkylation sites (N-methyl/N-ethyl adjacent to an activating group) is 1. The third kappa shape index (κ3) is 3.26. The molecule has 0 radical (unpaired) electrons. The van der Waals surface area contributed by atoms with Gasteiger partial charge in [-0.05, 0) is 48.9 Å². The Bertz CT molecular complexity index is 1240. The monoisotopic (exact) mass is 444 g/mol. The molecular formula is C26H28N4O3. The topological polar surface area (TPSA) is 78.7 Å². The lowest BCUT2D eigenvalue weighted by atomic mass is 9.84. The number of aromatic hydroxyl groups is 1. The summed E-state index contributed by atoms with van der Waals surface area (Å²) in [6.07, 6.45) is 2.51. The number of hydrogen-bond acceptors (Lipinski definition) is 5. The van der Waals surface area contributed by atoms with Crippen molar-refractivity contribution in [2.24, 2.45) is 0 Å². The number of amides is 1. The molecule has 170 valence electrons. The average Bonchev–Trinajstić information content (AvgIpc) is 2.97. The molecule has 1 aromatic heterocycles. The van der Waals surface area contributed by atoms with Gasteiger partial charge in [0.05, 0.1) is 6.20 Å². The van der Waals surface area contributed by atoms with Crippen molar-refractivity contribution in [1.82, 2.24) is 19.8 Å². The second kappa shape index (κ2) is 8.15. The van der Waals surface area contributed by atoms with Gasteiger partial charge in [-0.2, -0.15) is 10.1 Å². The standard InChI is InChI=1S/C26H28N4O3/c1-4-28-25(29-23(24(32)21(31)15-27-29)26(33)30(28)16(2)3)22-19-11-7-5-9-17(19)13-14-18-10-6-8-12-20(18)22/h5-12,15-16,22,25,32H,4,13-14H2,1-3H3/t25-/m0/s1. The molecule has 0 saturated carbocycles. The van der Waals surface area contributed by atoms with Crippen LogP contribution in [0.2, 0.25) is 0 Å². The minimum atomic E-state index is -0.649. The summed E-state index contributed by atoms with van der Waals surface area (Å²) in [5.74, 6) is -1.11. The Hall–Kier alpha value is -3.45. The number of carbonyl (C=O) groups excluding carboxylic acids is 1. The van der Waals surface area contributed by atoms with E-state index in [1.807, 2.05) is 37.9 Å². The van der Waals surface area contributed by atoms with E-state index in [0.29, 0.717) is 6.54 Å². The smallest absolute Gasteiger partial charge is 0.290 e. The first-order chi connectivity index (χ1) is 15.9. The molecular weight excluding hydrogens is 416 g/mol. The number of benzene rings is 2. The van der Waals surface area contributed by atoms with Gasteiger partial charge < -0.3 is 5.11 Å². The van der Waals surface area contributed by atoms with Gasteiger partial charge in [-0.25, -0.2) is 4.68 Å². The van der Waals surface area contributed by atoms with E-state index in [1.165, 1.54) is 22.3 Å².